The number of halogens is 3. The molecule has 86 heavy (non-hydrogen) atoms. The molecule has 0 radical (unpaired) electrons. The lowest BCUT2D eigenvalue weighted by atomic mass is 9.83. The second-order valence-corrected chi connectivity index (χ2v) is 24.9. The van der Waals surface area contributed by atoms with Crippen LogP contribution >= 0.6 is 39.1 Å². The molecule has 20 nitrogen and oxygen atoms in total. The lowest BCUT2D eigenvalue weighted by Gasteiger charge is -2.42. The van der Waals surface area contributed by atoms with Gasteiger partial charge in [0.2, 0.25) is 11.8 Å². The molecule has 0 unspecified atom stereocenters. The molecule has 472 valence electrons. The fourth-order valence-electron chi connectivity index (χ4n) is 10.9. The number of anilines is 1. The lowest BCUT2D eigenvalue weighted by molar-refractivity contribution is -0.158. The number of hydrogen-bond acceptors (Lipinski definition) is 14. The highest BCUT2D eigenvalue weighted by molar-refractivity contribution is 9.09. The van der Waals surface area contributed by atoms with Crippen LogP contribution < -0.4 is 26.6 Å². The number of alkyl halides is 1. The zero-order valence-electron chi connectivity index (χ0n) is 51.0. The van der Waals surface area contributed by atoms with Crippen LogP contribution in [0.25, 0.3) is 0 Å². The molecule has 6 N–H and O–H groups in total. The van der Waals surface area contributed by atoms with E-state index in [0.29, 0.717) is 52.9 Å². The van der Waals surface area contributed by atoms with Crippen molar-refractivity contribution < 1.29 is 67.2 Å². The minimum absolute atomic E-state index is 0.0110. The number of hydrogen-bond donors (Lipinski definition) is 5. The van der Waals surface area contributed by atoms with Crippen LogP contribution in [0.3, 0.4) is 0 Å². The summed E-state index contributed by atoms with van der Waals surface area (Å²) in [5.74, 6) is -4.62. The summed E-state index contributed by atoms with van der Waals surface area (Å²) >= 11 is 16.9. The summed E-state index contributed by atoms with van der Waals surface area (Å²) in [6, 6.07) is 5.06. The number of nitrogens with two attached hydrogens (primary N) is 1. The first-order valence-electron chi connectivity index (χ1n) is 29.2. The molecule has 10 atom stereocenters. The number of rotatable bonds is 26. The number of nitrogens with one attached hydrogen (secondary N) is 3. The first kappa shape index (κ1) is 70.8. The first-order valence-corrected chi connectivity index (χ1v) is 31.0. The second-order valence-electron chi connectivity index (χ2n) is 23.5. The molecule has 0 aromatic heterocycles. The highest BCUT2D eigenvalue weighted by Crippen LogP contribution is 2.49. The molecule has 2 aromatic rings. The fraction of sp³-hybridized carbons (Fsp3) is 0.571. The van der Waals surface area contributed by atoms with E-state index in [1.54, 1.807) is 33.0 Å². The SMILES string of the molecule is C=C(CBr)C(=O)CCCCCCC(=O)C[C@H](C(=O)N[C@@H](CCCNC(N)=O)C(=O)Cc1ccc(C(=O)N(C)[C@@H](C)C(=O)O[C@H]2CC(=O)N(C)c3cc(cc(C)c3Cl)C/C(C)=C/C=C/[C@@H](OC)[C@@]3(O)C[C@H](OC(=O)N3)[C@@H](C)[C@@H]3O[C@@]23C)c(Cl)c1)C(C)C. The lowest BCUT2D eigenvalue weighted by Crippen LogP contribution is -2.63. The number of urea groups is 1. The van der Waals surface area contributed by atoms with Crippen molar-refractivity contribution in [3.63, 3.8) is 0 Å². The number of methoxy groups -OCH3 is 1. The van der Waals surface area contributed by atoms with Crippen LogP contribution in [0.15, 0.2) is 66.3 Å². The number of likely N-dealkylation sites (N-methyl/N-ethyl adjacent to an activating group) is 1. The largest absolute Gasteiger partial charge is 0.457 e. The maximum Gasteiger partial charge on any atom is 0.409 e. The Labute approximate surface area is 523 Å². The van der Waals surface area contributed by atoms with Crippen LogP contribution in [0.2, 0.25) is 10.0 Å². The van der Waals surface area contributed by atoms with Crippen molar-refractivity contribution in [2.75, 3.05) is 38.0 Å². The van der Waals surface area contributed by atoms with Crippen molar-refractivity contribution in [1.29, 1.82) is 0 Å². The Morgan fingerprint density at radius 3 is 2.35 bits per heavy atom. The van der Waals surface area contributed by atoms with Crippen LogP contribution in [-0.2, 0) is 60.6 Å². The van der Waals surface area contributed by atoms with Gasteiger partial charge in [-0.05, 0) is 106 Å². The third-order valence-electron chi connectivity index (χ3n) is 16.5. The van der Waals surface area contributed by atoms with Gasteiger partial charge in [0.1, 0.15) is 35.7 Å². The third kappa shape index (κ3) is 19.0. The Morgan fingerprint density at radius 1 is 1.02 bits per heavy atom. The van der Waals surface area contributed by atoms with Gasteiger partial charge in [-0.2, -0.15) is 0 Å². The number of alkyl carbamates (subject to hydrolysis) is 1. The van der Waals surface area contributed by atoms with Gasteiger partial charge in [-0.1, -0.05) is 115 Å². The van der Waals surface area contributed by atoms with E-state index >= 15 is 0 Å². The Balaban J connectivity index is 1.31. The van der Waals surface area contributed by atoms with Crippen molar-refractivity contribution in [1.82, 2.24) is 20.9 Å². The van der Waals surface area contributed by atoms with Gasteiger partial charge < -0.3 is 50.2 Å². The van der Waals surface area contributed by atoms with E-state index in [-0.39, 0.29) is 73.1 Å². The van der Waals surface area contributed by atoms with Gasteiger partial charge in [0.05, 0.1) is 39.9 Å². The molecule has 0 saturated carbocycles. The number of allylic oxidation sites excluding steroid dienone is 4. The van der Waals surface area contributed by atoms with Gasteiger partial charge in [-0.15, -0.1) is 0 Å². The van der Waals surface area contributed by atoms with Gasteiger partial charge in [0.25, 0.3) is 5.91 Å². The minimum atomic E-state index is -1.90. The molecular weight excluding hydrogens is 1220 g/mol. The van der Waals surface area contributed by atoms with E-state index in [1.165, 1.54) is 44.2 Å². The van der Waals surface area contributed by atoms with E-state index in [4.69, 9.17) is 47.9 Å². The summed E-state index contributed by atoms with van der Waals surface area (Å²) in [6.07, 6.45) is 3.92. The van der Waals surface area contributed by atoms with E-state index in [1.807, 2.05) is 45.9 Å². The Hall–Kier alpha value is -5.97. The number of epoxide rings is 1. The predicted molar refractivity (Wildman–Crippen MR) is 331 cm³/mol. The zero-order valence-corrected chi connectivity index (χ0v) is 54.1. The third-order valence-corrected chi connectivity index (χ3v) is 18.0. The van der Waals surface area contributed by atoms with Gasteiger partial charge in [-0.3, -0.25) is 34.1 Å². The molecule has 2 aromatic carbocycles. The van der Waals surface area contributed by atoms with Gasteiger partial charge in [0, 0.05) is 77.0 Å². The molecule has 6 amide bonds. The molecule has 0 spiro atoms. The summed E-state index contributed by atoms with van der Waals surface area (Å²) in [4.78, 5) is 123. The van der Waals surface area contributed by atoms with Crippen LogP contribution in [0.4, 0.5) is 15.3 Å². The summed E-state index contributed by atoms with van der Waals surface area (Å²) in [7, 11) is 4.36. The van der Waals surface area contributed by atoms with Gasteiger partial charge in [-0.25, -0.2) is 14.4 Å². The number of fused-ring (bicyclic) bond motifs is 5. The number of aryl methyl sites for hydroxylation is 1. The maximum absolute atomic E-state index is 14.5. The number of ketones is 3. The number of esters is 1. The normalized spacial score (nSPS) is 24.3. The number of nitrogens with zero attached hydrogens (tertiary/aromatic N) is 2. The van der Waals surface area contributed by atoms with Gasteiger partial charge >= 0.3 is 18.1 Å². The highest BCUT2D eigenvalue weighted by Gasteiger charge is 2.64. The van der Waals surface area contributed by atoms with Gasteiger partial charge in [0.15, 0.2) is 17.3 Å². The molecular formula is C63H85BrCl2N6O14. The molecule has 4 bridgehead atoms. The van der Waals surface area contributed by atoms with Crippen molar-refractivity contribution in [2.45, 2.75) is 180 Å². The van der Waals surface area contributed by atoms with E-state index < -0.39 is 108 Å². The highest BCUT2D eigenvalue weighted by atomic mass is 79.9. The Morgan fingerprint density at radius 2 is 1.71 bits per heavy atom. The Kier molecular flexibility index (Phi) is 26.2. The summed E-state index contributed by atoms with van der Waals surface area (Å²) in [6.45, 7) is 16.2. The molecule has 23 heteroatoms. The monoisotopic (exact) mass is 1300 g/mol. The summed E-state index contributed by atoms with van der Waals surface area (Å²) < 4.78 is 24.0. The van der Waals surface area contributed by atoms with Crippen LogP contribution in [0.5, 0.6) is 0 Å². The van der Waals surface area contributed by atoms with Crippen LogP contribution in [0, 0.1) is 24.7 Å². The molecule has 2 saturated heterocycles. The molecule has 3 aliphatic rings. The number of primary amides is 1. The maximum atomic E-state index is 14.5. The molecule has 3 aliphatic heterocycles. The number of carbonyl (C=O) groups is 9. The standard InChI is InChI=1S/C63H85BrCl2N6O14/c1-35(2)45(31-43(73)19-14-12-13-15-21-49(74)38(5)34-64)57(77)69-47(20-17-25-68-60(67)80)50(75)30-41-23-24-44(46(65)28-41)58(78)71(9)40(7)59(79)85-53-32-54(76)72(10)48-29-42(27-37(4)55(48)66)26-36(3)18-16-22-52(83-11)63(82)33-51(84-61(81)70-63)39(6)56-62(53,8)86-56/h16,18,22-24,27-29,35,39-40,45,47,51-53,56,82H,5,12-15,17,19-21,25-26,30-34H2,1-4,6-11H3,(H,69,77)(H,70,81)(H3,67,68,80)/b22-16+,36-18+/t39-,40+,45+,47+,51+,52-,53+,56+,62+,63+/m1/s1. The summed E-state index contributed by atoms with van der Waals surface area (Å²) in [5.41, 5.74) is 5.85. The summed E-state index contributed by atoms with van der Waals surface area (Å²) in [5, 5.41) is 20.5. The van der Waals surface area contributed by atoms with Crippen molar-refractivity contribution in [3.05, 3.63) is 98.6 Å². The minimum Gasteiger partial charge on any atom is -0.457 e. The quantitative estimate of drug-likeness (QED) is 0.0193. The fourth-order valence-corrected chi connectivity index (χ4v) is 11.7. The topological polar surface area (TPSA) is 283 Å². The van der Waals surface area contributed by atoms with E-state index in [0.717, 1.165) is 34.4 Å². The number of amides is 6. The van der Waals surface area contributed by atoms with E-state index in [2.05, 4.69) is 38.5 Å². The average molecular weight is 1300 g/mol. The van der Waals surface area contributed by atoms with Crippen molar-refractivity contribution in [3.8, 4) is 0 Å². The van der Waals surface area contributed by atoms with Crippen molar-refractivity contribution in [2.24, 2.45) is 23.5 Å². The molecule has 3 heterocycles. The molecule has 2 fully saturated rings. The van der Waals surface area contributed by atoms with Crippen molar-refractivity contribution >= 4 is 98.0 Å². The number of ether oxygens (including phenoxy) is 4. The smallest absolute Gasteiger partial charge is 0.409 e. The van der Waals surface area contributed by atoms with Crippen LogP contribution in [0.1, 0.15) is 139 Å². The average Bonchev–Trinajstić information content (AvgIpc) is 1.61. The zero-order chi connectivity index (χ0) is 64.0. The molecule has 5 rings (SSSR count). The second kappa shape index (κ2) is 31.8. The number of carbonyl (C=O) groups excluding carboxylic acids is 9. The number of benzene rings is 2. The Bertz CT molecular complexity index is 2940. The van der Waals surface area contributed by atoms with E-state index in [9.17, 15) is 48.3 Å². The molecule has 0 aliphatic carbocycles. The number of unbranched alkanes of at least 4 members (excludes halogenated alkanes) is 3. The number of aliphatic hydroxyl groups is 1. The number of Topliss-reactive ketones (excluding diaryl/α,β-unsaturated/α-hetero) is 3. The first-order chi connectivity index (χ1) is 40.4. The van der Waals surface area contributed by atoms with Crippen LogP contribution in [-0.4, -0.2) is 144 Å². The predicted octanol–water partition coefficient (Wildman–Crippen LogP) is 8.92.